The van der Waals surface area contributed by atoms with Gasteiger partial charge in [0.1, 0.15) is 5.60 Å². The third-order valence-corrected chi connectivity index (χ3v) is 8.87. The zero-order valence-corrected chi connectivity index (χ0v) is 13.4. The lowest BCUT2D eigenvalue weighted by Crippen LogP contribution is -2.66. The molecule has 2 saturated heterocycles. The van der Waals surface area contributed by atoms with Crippen molar-refractivity contribution in [1.82, 2.24) is 0 Å². The van der Waals surface area contributed by atoms with E-state index in [0.29, 0.717) is 12.0 Å². The number of rotatable bonds is 0. The van der Waals surface area contributed by atoms with Gasteiger partial charge in [-0.05, 0) is 62.9 Å². The molecule has 122 valence electrons. The molecule has 7 rings (SSSR count). The van der Waals surface area contributed by atoms with Crippen molar-refractivity contribution in [2.24, 2.45) is 28.6 Å². The Morgan fingerprint density at radius 2 is 1.96 bits per heavy atom. The number of ether oxygens (including phenoxy) is 1. The molecular formula is C19H22O4. The molecule has 7 aliphatic rings. The summed E-state index contributed by atoms with van der Waals surface area (Å²) in [7, 11) is 0. The molecule has 0 radical (unpaired) electrons. The van der Waals surface area contributed by atoms with Crippen LogP contribution in [0.4, 0.5) is 0 Å². The summed E-state index contributed by atoms with van der Waals surface area (Å²) in [5, 5.41) is 11.0. The molecule has 2 aliphatic heterocycles. The van der Waals surface area contributed by atoms with E-state index in [-0.39, 0.29) is 34.9 Å². The largest absolute Gasteiger partial charge is 0.392 e. The number of aliphatic hydroxyl groups excluding tert-OH is 1. The van der Waals surface area contributed by atoms with Crippen molar-refractivity contribution in [3.63, 3.8) is 0 Å². The normalized spacial score (nSPS) is 64.7. The van der Waals surface area contributed by atoms with Gasteiger partial charge < -0.3 is 9.84 Å². The Bertz CT molecular complexity index is 727. The van der Waals surface area contributed by atoms with E-state index in [9.17, 15) is 14.7 Å². The molecular weight excluding hydrogens is 292 g/mol. The minimum atomic E-state index is -0.758. The first-order valence-corrected chi connectivity index (χ1v) is 9.01. The third-order valence-electron chi connectivity index (χ3n) is 8.87. The smallest absolute Gasteiger partial charge is 0.175 e. The Morgan fingerprint density at radius 3 is 2.74 bits per heavy atom. The summed E-state index contributed by atoms with van der Waals surface area (Å²) >= 11 is 0. The van der Waals surface area contributed by atoms with Crippen LogP contribution in [0.2, 0.25) is 0 Å². The minimum Gasteiger partial charge on any atom is -0.392 e. The first kappa shape index (κ1) is 13.3. The van der Waals surface area contributed by atoms with Gasteiger partial charge in [-0.15, -0.1) is 0 Å². The first-order chi connectivity index (χ1) is 10.8. The number of hydrogen-bond donors (Lipinski definition) is 1. The molecule has 8 atom stereocenters. The van der Waals surface area contributed by atoms with Crippen LogP contribution >= 0.6 is 0 Å². The Kier molecular flexibility index (Phi) is 1.87. The highest BCUT2D eigenvalue weighted by atomic mass is 16.6. The highest BCUT2D eigenvalue weighted by molar-refractivity contribution is 6.15. The van der Waals surface area contributed by atoms with Gasteiger partial charge in [-0.3, -0.25) is 9.59 Å². The van der Waals surface area contributed by atoms with Gasteiger partial charge in [0.05, 0.1) is 22.5 Å². The molecule has 3 unspecified atom stereocenters. The number of allylic oxidation sites excluding steroid dienone is 1. The van der Waals surface area contributed by atoms with Crippen molar-refractivity contribution < 1.29 is 19.4 Å². The van der Waals surface area contributed by atoms with E-state index in [4.69, 9.17) is 4.74 Å². The highest BCUT2D eigenvalue weighted by Crippen LogP contribution is 2.85. The fraction of sp³-hybridized carbons (Fsp3) is 0.789. The van der Waals surface area contributed by atoms with Crippen molar-refractivity contribution in [3.8, 4) is 0 Å². The predicted octanol–water partition coefficient (Wildman–Crippen LogP) is 1.80. The number of carbonyl (C=O) groups excluding carboxylic acids is 2. The summed E-state index contributed by atoms with van der Waals surface area (Å²) < 4.78 is 6.34. The van der Waals surface area contributed by atoms with Crippen LogP contribution in [0.1, 0.15) is 45.4 Å². The third kappa shape index (κ3) is 0.957. The van der Waals surface area contributed by atoms with Crippen LogP contribution in [0.15, 0.2) is 12.2 Å². The zero-order chi connectivity index (χ0) is 16.0. The molecule has 4 heteroatoms. The first-order valence-electron chi connectivity index (χ1n) is 9.01. The molecule has 0 aromatic heterocycles. The molecule has 4 nitrogen and oxygen atoms in total. The lowest BCUT2D eigenvalue weighted by molar-refractivity contribution is -0.182. The van der Waals surface area contributed by atoms with Crippen LogP contribution in [0.3, 0.4) is 0 Å². The van der Waals surface area contributed by atoms with Crippen LogP contribution in [0.5, 0.6) is 0 Å². The van der Waals surface area contributed by atoms with E-state index in [1.165, 1.54) is 0 Å². The molecule has 5 saturated carbocycles. The van der Waals surface area contributed by atoms with Crippen molar-refractivity contribution >= 4 is 11.6 Å². The van der Waals surface area contributed by atoms with E-state index < -0.39 is 22.5 Å². The summed E-state index contributed by atoms with van der Waals surface area (Å²) in [5.41, 5.74) is -1.45. The molecule has 5 aliphatic carbocycles. The van der Waals surface area contributed by atoms with E-state index in [1.54, 1.807) is 0 Å². The van der Waals surface area contributed by atoms with Gasteiger partial charge in [0.2, 0.25) is 0 Å². The summed E-state index contributed by atoms with van der Waals surface area (Å²) in [6, 6.07) is 0. The molecule has 7 fully saturated rings. The van der Waals surface area contributed by atoms with Gasteiger partial charge >= 0.3 is 0 Å². The summed E-state index contributed by atoms with van der Waals surface area (Å²) in [4.78, 5) is 26.1. The number of fused-ring (bicyclic) bond motifs is 4. The molecule has 0 aromatic rings. The van der Waals surface area contributed by atoms with Crippen LogP contribution in [-0.4, -0.2) is 34.0 Å². The predicted molar refractivity (Wildman–Crippen MR) is 80.4 cm³/mol. The average Bonchev–Trinajstić information content (AvgIpc) is 2.82. The van der Waals surface area contributed by atoms with Crippen LogP contribution in [0, 0.1) is 28.6 Å². The maximum absolute atomic E-state index is 13.1. The van der Waals surface area contributed by atoms with Crippen molar-refractivity contribution in [2.45, 2.75) is 62.8 Å². The minimum absolute atomic E-state index is 0.0323. The number of Topliss-reactive ketones (excluding diaryl/α,β-unsaturated/α-hetero) is 2. The summed E-state index contributed by atoms with van der Waals surface area (Å²) in [5.74, 6) is 0.546. The van der Waals surface area contributed by atoms with Gasteiger partial charge in [-0.25, -0.2) is 0 Å². The number of carbonyl (C=O) groups is 2. The quantitative estimate of drug-likeness (QED) is 0.693. The maximum atomic E-state index is 13.1. The molecule has 1 N–H and O–H groups in total. The second-order valence-electron chi connectivity index (χ2n) is 9.16. The van der Waals surface area contributed by atoms with Crippen LogP contribution in [0.25, 0.3) is 0 Å². The molecule has 23 heavy (non-hydrogen) atoms. The number of ketones is 2. The molecule has 3 spiro atoms. The summed E-state index contributed by atoms with van der Waals surface area (Å²) in [6.07, 6.45) is 4.07. The van der Waals surface area contributed by atoms with Crippen LogP contribution in [-0.2, 0) is 14.3 Å². The number of aliphatic hydroxyl groups is 1. The lowest BCUT2D eigenvalue weighted by atomic mass is 9.41. The standard InChI is InChI=1S/C19H22O4/c1-9-10-3-4-17(14(9)21)12(7-10)19-11(8-13(17)20)16(2)5-6-18(19,23-16)15(19)22/h10-13,20H,1,3-8H2,2H3/t10-,11?,12?,13+,16+,17+,18+,19?/m0/s1. The maximum Gasteiger partial charge on any atom is 0.175 e. The Hall–Kier alpha value is -1.00. The lowest BCUT2D eigenvalue weighted by Gasteiger charge is -2.61. The van der Waals surface area contributed by atoms with E-state index in [2.05, 4.69) is 13.5 Å². The van der Waals surface area contributed by atoms with Crippen molar-refractivity contribution in [2.75, 3.05) is 0 Å². The average molecular weight is 314 g/mol. The molecule has 2 heterocycles. The fourth-order valence-electron chi connectivity index (χ4n) is 7.95. The Balaban J connectivity index is 1.60. The van der Waals surface area contributed by atoms with E-state index >= 15 is 0 Å². The van der Waals surface area contributed by atoms with Gasteiger partial charge in [0.15, 0.2) is 11.6 Å². The SMILES string of the molecule is C=C1C(=O)[C@]23CC[C@H]1CC2C12C(=O)[C@]14CC[C@@](C)(O4)C2C[C@H]3O. The second kappa shape index (κ2) is 3.23. The second-order valence-corrected chi connectivity index (χ2v) is 9.16. The molecule has 0 aromatic carbocycles. The van der Waals surface area contributed by atoms with Gasteiger partial charge in [-0.1, -0.05) is 6.58 Å². The Labute approximate surface area is 135 Å². The van der Waals surface area contributed by atoms with Crippen LogP contribution < -0.4 is 0 Å². The molecule has 4 bridgehead atoms. The van der Waals surface area contributed by atoms with Crippen molar-refractivity contribution in [1.29, 1.82) is 0 Å². The zero-order valence-electron chi connectivity index (χ0n) is 13.4. The summed E-state index contributed by atoms with van der Waals surface area (Å²) in [6.45, 7) is 6.13. The monoisotopic (exact) mass is 314 g/mol. The highest BCUT2D eigenvalue weighted by Gasteiger charge is 2.96. The van der Waals surface area contributed by atoms with Crippen molar-refractivity contribution in [3.05, 3.63) is 12.2 Å². The fourth-order valence-corrected chi connectivity index (χ4v) is 7.95. The Morgan fingerprint density at radius 1 is 1.17 bits per heavy atom. The number of hydrogen-bond acceptors (Lipinski definition) is 4. The van der Waals surface area contributed by atoms with E-state index in [1.807, 2.05) is 0 Å². The van der Waals surface area contributed by atoms with Gasteiger partial charge in [0, 0.05) is 5.92 Å². The van der Waals surface area contributed by atoms with Gasteiger partial charge in [-0.2, -0.15) is 0 Å². The molecule has 0 amide bonds. The van der Waals surface area contributed by atoms with E-state index in [0.717, 1.165) is 32.1 Å². The topological polar surface area (TPSA) is 63.6 Å². The van der Waals surface area contributed by atoms with Gasteiger partial charge in [0.25, 0.3) is 0 Å².